The van der Waals surface area contributed by atoms with Crippen LogP contribution in [0.25, 0.3) is 6.08 Å². The molecule has 0 radical (unpaired) electrons. The van der Waals surface area contributed by atoms with E-state index >= 15 is 0 Å². The van der Waals surface area contributed by atoms with E-state index in [0.717, 1.165) is 4.90 Å². The van der Waals surface area contributed by atoms with Gasteiger partial charge in [0.2, 0.25) is 0 Å². The summed E-state index contributed by atoms with van der Waals surface area (Å²) < 4.78 is 10.1. The van der Waals surface area contributed by atoms with E-state index in [0.29, 0.717) is 17.0 Å². The van der Waals surface area contributed by atoms with Crippen LogP contribution >= 0.6 is 0 Å². The molecule has 1 heterocycles. The normalized spacial score (nSPS) is 15.9. The first-order valence-corrected chi connectivity index (χ1v) is 6.79. The maximum absolute atomic E-state index is 12.4. The fraction of sp³-hybridized carbons (Fsp3) is 0.0588. The third-order valence-corrected chi connectivity index (χ3v) is 3.32. The Morgan fingerprint density at radius 1 is 1.04 bits per heavy atom. The maximum atomic E-state index is 12.4. The lowest BCUT2D eigenvalue weighted by Gasteiger charge is -2.10. The quantitative estimate of drug-likeness (QED) is 0.882. The van der Waals surface area contributed by atoms with Gasteiger partial charge in [-0.2, -0.15) is 0 Å². The van der Waals surface area contributed by atoms with Crippen molar-refractivity contribution >= 4 is 23.8 Å². The van der Waals surface area contributed by atoms with Gasteiger partial charge in [-0.25, -0.2) is 9.69 Å². The fourth-order valence-corrected chi connectivity index (χ4v) is 2.14. The number of carbonyl (C=O) groups excluding carboxylic acids is 2. The van der Waals surface area contributed by atoms with E-state index in [9.17, 15) is 14.7 Å². The van der Waals surface area contributed by atoms with Gasteiger partial charge >= 0.3 is 12.0 Å². The summed E-state index contributed by atoms with van der Waals surface area (Å²) in [6.07, 6.45) is 0.689. The Bertz CT molecular complexity index is 778. The highest BCUT2D eigenvalue weighted by Crippen LogP contribution is 2.27. The van der Waals surface area contributed by atoms with Crippen molar-refractivity contribution in [2.75, 3.05) is 12.0 Å². The number of carbonyl (C=O) groups is 2. The molecule has 116 valence electrons. The van der Waals surface area contributed by atoms with E-state index in [2.05, 4.69) is 0 Å². The Labute approximate surface area is 132 Å². The van der Waals surface area contributed by atoms with Gasteiger partial charge in [0.25, 0.3) is 0 Å². The van der Waals surface area contributed by atoms with Gasteiger partial charge in [-0.05, 0) is 48.0 Å². The average molecular weight is 311 g/mol. The summed E-state index contributed by atoms with van der Waals surface area (Å²) in [5, 5.41) is 9.25. The molecule has 1 saturated heterocycles. The molecule has 0 aliphatic carbocycles. The molecular formula is C17H13NO5. The molecule has 3 rings (SSSR count). The number of ether oxygens (including phenoxy) is 2. The van der Waals surface area contributed by atoms with E-state index in [1.54, 1.807) is 36.4 Å². The highest BCUT2D eigenvalue weighted by Gasteiger charge is 2.37. The first kappa shape index (κ1) is 14.6. The number of benzene rings is 2. The van der Waals surface area contributed by atoms with Crippen LogP contribution in [0, 0.1) is 0 Å². The van der Waals surface area contributed by atoms with Crippen molar-refractivity contribution in [1.82, 2.24) is 0 Å². The molecule has 0 unspecified atom stereocenters. The predicted octanol–water partition coefficient (Wildman–Crippen LogP) is 2.93. The van der Waals surface area contributed by atoms with Crippen LogP contribution in [0.4, 0.5) is 10.5 Å². The highest BCUT2D eigenvalue weighted by molar-refractivity contribution is 6.24. The van der Waals surface area contributed by atoms with Crippen molar-refractivity contribution in [3.8, 4) is 11.5 Å². The van der Waals surface area contributed by atoms with Crippen molar-refractivity contribution in [3.63, 3.8) is 0 Å². The van der Waals surface area contributed by atoms with Crippen molar-refractivity contribution < 1.29 is 24.2 Å². The number of hydrogen-bond donors (Lipinski definition) is 1. The molecular weight excluding hydrogens is 298 g/mol. The average Bonchev–Trinajstić information content (AvgIpc) is 2.84. The molecule has 2 aromatic carbocycles. The molecule has 23 heavy (non-hydrogen) atoms. The molecule has 0 bridgehead atoms. The minimum atomic E-state index is -0.759. The summed E-state index contributed by atoms with van der Waals surface area (Å²) in [5.74, 6) is 0.111. The SMILES string of the molecule is COc1ccc(N2C(=O)OC(=Cc3ccc(O)cc3)C2=O)cc1. The monoisotopic (exact) mass is 311 g/mol. The van der Waals surface area contributed by atoms with Crippen LogP contribution < -0.4 is 9.64 Å². The van der Waals surface area contributed by atoms with E-state index < -0.39 is 12.0 Å². The number of nitrogens with zero attached hydrogens (tertiary/aromatic N) is 1. The van der Waals surface area contributed by atoms with Crippen LogP contribution in [0.1, 0.15) is 5.56 Å². The Morgan fingerprint density at radius 3 is 2.30 bits per heavy atom. The molecule has 2 amide bonds. The minimum Gasteiger partial charge on any atom is -0.508 e. The molecule has 6 nitrogen and oxygen atoms in total. The van der Waals surface area contributed by atoms with E-state index in [-0.39, 0.29) is 11.5 Å². The van der Waals surface area contributed by atoms with Crippen molar-refractivity contribution in [3.05, 3.63) is 59.9 Å². The summed E-state index contributed by atoms with van der Waals surface area (Å²) in [6.45, 7) is 0. The molecule has 1 fully saturated rings. The first-order valence-electron chi connectivity index (χ1n) is 6.79. The second kappa shape index (κ2) is 5.84. The molecule has 6 heteroatoms. The Morgan fingerprint density at radius 2 is 1.70 bits per heavy atom. The zero-order chi connectivity index (χ0) is 16.4. The van der Waals surface area contributed by atoms with E-state index in [1.165, 1.54) is 25.3 Å². The summed E-state index contributed by atoms with van der Waals surface area (Å²) in [7, 11) is 1.53. The Balaban J connectivity index is 1.88. The van der Waals surface area contributed by atoms with Gasteiger partial charge in [0.05, 0.1) is 12.8 Å². The third kappa shape index (κ3) is 2.87. The largest absolute Gasteiger partial charge is 0.508 e. The van der Waals surface area contributed by atoms with Crippen LogP contribution in [0.2, 0.25) is 0 Å². The number of rotatable bonds is 3. The van der Waals surface area contributed by atoms with Gasteiger partial charge in [0, 0.05) is 0 Å². The number of aromatic hydroxyl groups is 1. The number of phenolic OH excluding ortho intramolecular Hbond substituents is 1. The number of anilines is 1. The van der Waals surface area contributed by atoms with E-state index in [1.807, 2.05) is 0 Å². The van der Waals surface area contributed by atoms with Gasteiger partial charge in [-0.3, -0.25) is 4.79 Å². The van der Waals surface area contributed by atoms with E-state index in [4.69, 9.17) is 9.47 Å². The first-order chi connectivity index (χ1) is 11.1. The number of cyclic esters (lactones) is 1. The van der Waals surface area contributed by atoms with Crippen LogP contribution in [-0.2, 0) is 9.53 Å². The standard InChI is InChI=1S/C17H13NO5/c1-22-14-8-4-12(5-9-14)18-16(20)15(23-17(18)21)10-11-2-6-13(19)7-3-11/h2-10,19H,1H3. The zero-order valence-electron chi connectivity index (χ0n) is 12.2. The van der Waals surface area contributed by atoms with Crippen LogP contribution in [-0.4, -0.2) is 24.2 Å². The number of hydrogen-bond acceptors (Lipinski definition) is 5. The van der Waals surface area contributed by atoms with Crippen molar-refractivity contribution in [2.24, 2.45) is 0 Å². The van der Waals surface area contributed by atoms with Gasteiger partial charge in [0.1, 0.15) is 11.5 Å². The second-order valence-corrected chi connectivity index (χ2v) is 4.81. The third-order valence-electron chi connectivity index (χ3n) is 3.32. The molecule has 0 aromatic heterocycles. The van der Waals surface area contributed by atoms with Crippen LogP contribution in [0.15, 0.2) is 54.3 Å². The second-order valence-electron chi connectivity index (χ2n) is 4.81. The number of phenols is 1. The van der Waals surface area contributed by atoms with Crippen LogP contribution in [0.5, 0.6) is 11.5 Å². The van der Waals surface area contributed by atoms with Crippen molar-refractivity contribution in [2.45, 2.75) is 0 Å². The molecule has 1 aliphatic rings. The Hall–Kier alpha value is -3.28. The molecule has 0 spiro atoms. The summed E-state index contributed by atoms with van der Waals surface area (Å²) in [4.78, 5) is 25.3. The summed E-state index contributed by atoms with van der Waals surface area (Å²) in [6, 6.07) is 12.7. The van der Waals surface area contributed by atoms with Crippen LogP contribution in [0.3, 0.4) is 0 Å². The summed E-state index contributed by atoms with van der Waals surface area (Å²) in [5.41, 5.74) is 1.03. The smallest absolute Gasteiger partial charge is 0.427 e. The zero-order valence-corrected chi connectivity index (χ0v) is 12.2. The number of imide groups is 1. The lowest BCUT2D eigenvalue weighted by atomic mass is 10.2. The fourth-order valence-electron chi connectivity index (χ4n) is 2.14. The molecule has 2 aromatic rings. The highest BCUT2D eigenvalue weighted by atomic mass is 16.6. The van der Waals surface area contributed by atoms with Gasteiger partial charge in [-0.15, -0.1) is 0 Å². The number of methoxy groups -OCH3 is 1. The topological polar surface area (TPSA) is 76.1 Å². The molecule has 1 N–H and O–H groups in total. The summed E-state index contributed by atoms with van der Waals surface area (Å²) >= 11 is 0. The lowest BCUT2D eigenvalue weighted by molar-refractivity contribution is -0.114. The van der Waals surface area contributed by atoms with Gasteiger partial charge < -0.3 is 14.6 Å². The Kier molecular flexibility index (Phi) is 3.72. The van der Waals surface area contributed by atoms with Gasteiger partial charge in [0.15, 0.2) is 5.76 Å². The van der Waals surface area contributed by atoms with Gasteiger partial charge in [-0.1, -0.05) is 12.1 Å². The molecule has 0 atom stereocenters. The molecule has 1 aliphatic heterocycles. The predicted molar refractivity (Wildman–Crippen MR) is 83.0 cm³/mol. The maximum Gasteiger partial charge on any atom is 0.427 e. The molecule has 0 saturated carbocycles. The minimum absolute atomic E-state index is 0.0727. The van der Waals surface area contributed by atoms with Crippen molar-refractivity contribution in [1.29, 1.82) is 0 Å². The number of amides is 2. The lowest BCUT2D eigenvalue weighted by Crippen LogP contribution is -2.28.